The van der Waals surface area contributed by atoms with E-state index in [9.17, 15) is 5.11 Å². The predicted molar refractivity (Wildman–Crippen MR) is 160 cm³/mol. The van der Waals surface area contributed by atoms with Crippen molar-refractivity contribution >= 4 is 27.8 Å². The summed E-state index contributed by atoms with van der Waals surface area (Å²) in [7, 11) is 0. The predicted octanol–water partition coefficient (Wildman–Crippen LogP) is 7.69. The van der Waals surface area contributed by atoms with E-state index >= 15 is 0 Å². The number of phenolic OH excluding ortho intramolecular Hbond substituents is 1. The van der Waals surface area contributed by atoms with Crippen molar-refractivity contribution < 1.29 is 9.84 Å². The fraction of sp³-hybridized carbons (Fsp3) is 0.500. The van der Waals surface area contributed by atoms with Gasteiger partial charge in [-0.2, -0.15) is 0 Å². The zero-order valence-electron chi connectivity index (χ0n) is 24.4. The Balaban J connectivity index is 0.00000195. The van der Waals surface area contributed by atoms with E-state index in [2.05, 4.69) is 50.5 Å². The molecule has 0 radical (unpaired) electrons. The minimum atomic E-state index is -0.139. The lowest BCUT2D eigenvalue weighted by molar-refractivity contribution is 0.0925. The fourth-order valence-electron chi connectivity index (χ4n) is 4.73. The van der Waals surface area contributed by atoms with Gasteiger partial charge in [-0.25, -0.2) is 9.97 Å². The standard InChI is InChI=1S/C30H40N4O2.C2H6/c1-6-8-10-26-33-27-28(34(26)18-21-11-14-25(35)20(3)16-21)23-17-22(12-13-24(23)32-29(27)31)30(4,5)19-36-15-9-7-2;1-2/h11-14,16-17,35H,6-10,15,18-19H2,1-5H3,(H2,31,32);1-2H3. The molecule has 2 heterocycles. The Morgan fingerprint density at radius 2 is 1.74 bits per heavy atom. The van der Waals surface area contributed by atoms with Crippen LogP contribution in [0.5, 0.6) is 5.75 Å². The summed E-state index contributed by atoms with van der Waals surface area (Å²) >= 11 is 0. The van der Waals surface area contributed by atoms with E-state index in [4.69, 9.17) is 20.4 Å². The first-order valence-corrected chi connectivity index (χ1v) is 14.2. The van der Waals surface area contributed by atoms with Crippen LogP contribution >= 0.6 is 0 Å². The summed E-state index contributed by atoms with van der Waals surface area (Å²) in [6.45, 7) is 16.9. The van der Waals surface area contributed by atoms with Crippen LogP contribution in [0.2, 0.25) is 0 Å². The number of phenols is 1. The minimum absolute atomic E-state index is 0.139. The summed E-state index contributed by atoms with van der Waals surface area (Å²) in [5, 5.41) is 11.1. The average Bonchev–Trinajstić information content (AvgIpc) is 3.27. The maximum absolute atomic E-state index is 10.0. The van der Waals surface area contributed by atoms with Gasteiger partial charge in [0.1, 0.15) is 17.1 Å². The van der Waals surface area contributed by atoms with Gasteiger partial charge in [0.25, 0.3) is 0 Å². The van der Waals surface area contributed by atoms with Crippen LogP contribution in [-0.2, 0) is 23.1 Å². The van der Waals surface area contributed by atoms with E-state index in [0.717, 1.165) is 77.6 Å². The lowest BCUT2D eigenvalue weighted by Crippen LogP contribution is -2.24. The molecule has 2 aromatic carbocycles. The second-order valence-corrected chi connectivity index (χ2v) is 10.6. The summed E-state index contributed by atoms with van der Waals surface area (Å²) in [6, 6.07) is 12.3. The molecule has 0 atom stereocenters. The molecule has 38 heavy (non-hydrogen) atoms. The molecule has 0 fully saturated rings. The van der Waals surface area contributed by atoms with Gasteiger partial charge in [0.2, 0.25) is 0 Å². The van der Waals surface area contributed by atoms with Gasteiger partial charge in [-0.15, -0.1) is 0 Å². The molecule has 4 aromatic rings. The molecule has 206 valence electrons. The van der Waals surface area contributed by atoms with Crippen LogP contribution in [0.4, 0.5) is 5.82 Å². The third-order valence-electron chi connectivity index (χ3n) is 7.02. The first-order valence-electron chi connectivity index (χ1n) is 14.2. The van der Waals surface area contributed by atoms with Crippen molar-refractivity contribution in [3.05, 3.63) is 58.9 Å². The molecule has 6 heteroatoms. The Bertz CT molecular complexity index is 1360. The molecular formula is C32H46N4O2. The number of nitrogen functional groups attached to an aromatic ring is 1. The highest BCUT2D eigenvalue weighted by atomic mass is 16.5. The van der Waals surface area contributed by atoms with Crippen LogP contribution in [0, 0.1) is 6.92 Å². The molecule has 2 aromatic heterocycles. The third kappa shape index (κ3) is 6.47. The first-order chi connectivity index (χ1) is 18.2. The molecule has 0 unspecified atom stereocenters. The lowest BCUT2D eigenvalue weighted by atomic mass is 9.84. The van der Waals surface area contributed by atoms with Crippen LogP contribution in [-0.4, -0.2) is 32.9 Å². The molecular weight excluding hydrogens is 472 g/mol. The fourth-order valence-corrected chi connectivity index (χ4v) is 4.73. The van der Waals surface area contributed by atoms with E-state index in [1.165, 1.54) is 5.56 Å². The van der Waals surface area contributed by atoms with Gasteiger partial charge in [-0.3, -0.25) is 0 Å². The zero-order valence-corrected chi connectivity index (χ0v) is 24.4. The Kier molecular flexibility index (Phi) is 10.1. The second kappa shape index (κ2) is 13.1. The van der Waals surface area contributed by atoms with Crippen molar-refractivity contribution in [2.24, 2.45) is 0 Å². The zero-order chi connectivity index (χ0) is 27.9. The van der Waals surface area contributed by atoms with E-state index in [0.29, 0.717) is 24.7 Å². The molecule has 4 rings (SSSR count). The summed E-state index contributed by atoms with van der Waals surface area (Å²) < 4.78 is 8.31. The molecule has 3 N–H and O–H groups in total. The average molecular weight is 519 g/mol. The van der Waals surface area contributed by atoms with Gasteiger partial charge in [-0.1, -0.05) is 72.6 Å². The number of ether oxygens (including phenoxy) is 1. The number of aryl methyl sites for hydroxylation is 2. The summed E-state index contributed by atoms with van der Waals surface area (Å²) in [4.78, 5) is 9.72. The highest BCUT2D eigenvalue weighted by Gasteiger charge is 2.24. The maximum Gasteiger partial charge on any atom is 0.152 e. The quantitative estimate of drug-likeness (QED) is 0.199. The Morgan fingerprint density at radius 1 is 1.00 bits per heavy atom. The van der Waals surface area contributed by atoms with Gasteiger partial charge in [-0.05, 0) is 54.7 Å². The number of nitrogens with zero attached hydrogens (tertiary/aromatic N) is 3. The second-order valence-electron chi connectivity index (χ2n) is 10.6. The van der Waals surface area contributed by atoms with Crippen molar-refractivity contribution in [2.45, 2.75) is 92.5 Å². The Hall–Kier alpha value is -3.12. The number of anilines is 1. The molecule has 0 aliphatic carbocycles. The van der Waals surface area contributed by atoms with Gasteiger partial charge >= 0.3 is 0 Å². The minimum Gasteiger partial charge on any atom is -0.508 e. The first kappa shape index (κ1) is 29.4. The van der Waals surface area contributed by atoms with Crippen molar-refractivity contribution in [2.75, 3.05) is 18.9 Å². The van der Waals surface area contributed by atoms with Crippen molar-refractivity contribution in [1.29, 1.82) is 0 Å². The molecule has 0 aliphatic rings. The molecule has 0 saturated carbocycles. The highest BCUT2D eigenvalue weighted by Crippen LogP contribution is 2.34. The van der Waals surface area contributed by atoms with E-state index in [1.807, 2.05) is 32.9 Å². The van der Waals surface area contributed by atoms with Gasteiger partial charge in [0, 0.05) is 30.4 Å². The topological polar surface area (TPSA) is 86.2 Å². The van der Waals surface area contributed by atoms with E-state index in [1.54, 1.807) is 6.07 Å². The van der Waals surface area contributed by atoms with Gasteiger partial charge < -0.3 is 20.1 Å². The normalized spacial score (nSPS) is 11.7. The number of aromatic nitrogens is 3. The van der Waals surface area contributed by atoms with Gasteiger partial charge in [0.15, 0.2) is 5.82 Å². The van der Waals surface area contributed by atoms with Crippen LogP contribution < -0.4 is 5.73 Å². The third-order valence-corrected chi connectivity index (χ3v) is 7.02. The van der Waals surface area contributed by atoms with Crippen LogP contribution in [0.3, 0.4) is 0 Å². The van der Waals surface area contributed by atoms with Crippen molar-refractivity contribution in [1.82, 2.24) is 14.5 Å². The summed E-state index contributed by atoms with van der Waals surface area (Å²) in [6.07, 6.45) is 5.23. The maximum atomic E-state index is 10.0. The number of hydrogen-bond acceptors (Lipinski definition) is 5. The number of pyridine rings is 1. The Morgan fingerprint density at radius 3 is 2.42 bits per heavy atom. The molecule has 0 spiro atoms. The van der Waals surface area contributed by atoms with Gasteiger partial charge in [0.05, 0.1) is 17.6 Å². The van der Waals surface area contributed by atoms with Crippen LogP contribution in [0.25, 0.3) is 21.9 Å². The number of fused-ring (bicyclic) bond motifs is 3. The Labute approximate surface area is 228 Å². The van der Waals surface area contributed by atoms with E-state index < -0.39 is 0 Å². The molecule has 0 bridgehead atoms. The highest BCUT2D eigenvalue weighted by molar-refractivity contribution is 6.07. The number of aromatic hydroxyl groups is 1. The number of unbranched alkanes of at least 4 members (excludes halogenated alkanes) is 2. The molecule has 0 saturated heterocycles. The number of nitrogens with two attached hydrogens (primary N) is 1. The van der Waals surface area contributed by atoms with Crippen molar-refractivity contribution in [3.63, 3.8) is 0 Å². The monoisotopic (exact) mass is 518 g/mol. The molecule has 0 amide bonds. The number of imidazole rings is 1. The molecule has 6 nitrogen and oxygen atoms in total. The molecule has 0 aliphatic heterocycles. The largest absolute Gasteiger partial charge is 0.508 e. The van der Waals surface area contributed by atoms with Crippen LogP contribution in [0.1, 0.15) is 89.7 Å². The lowest BCUT2D eigenvalue weighted by Gasteiger charge is -2.25. The summed E-state index contributed by atoms with van der Waals surface area (Å²) in [5.74, 6) is 1.80. The van der Waals surface area contributed by atoms with Crippen LogP contribution in [0.15, 0.2) is 36.4 Å². The SMILES string of the molecule is CC.CCCCOCC(C)(C)c1ccc2nc(N)c3nc(CCCC)n(Cc4ccc(O)c(C)c4)c3c2c1. The smallest absolute Gasteiger partial charge is 0.152 e. The summed E-state index contributed by atoms with van der Waals surface area (Å²) in [5.41, 5.74) is 12.2. The number of hydrogen-bond donors (Lipinski definition) is 2. The van der Waals surface area contributed by atoms with Crippen molar-refractivity contribution in [3.8, 4) is 5.75 Å². The number of rotatable bonds is 11. The number of benzene rings is 2. The van der Waals surface area contributed by atoms with E-state index in [-0.39, 0.29) is 5.41 Å².